The smallest absolute Gasteiger partial charge is 0.311 e. The normalized spacial score (nSPS) is 12.9. The molecule has 1 aromatic carbocycles. The minimum atomic E-state index is -0.805. The molecule has 1 unspecified atom stereocenters. The molecule has 3 N–H and O–H groups in total. The van der Waals surface area contributed by atoms with Crippen LogP contribution in [-0.2, 0) is 0 Å². The number of benzene rings is 1. The number of aromatic nitrogens is 2. The minimum absolute atomic E-state index is 0.153. The molecule has 1 heterocycles. The van der Waals surface area contributed by atoms with Gasteiger partial charge in [-0.1, -0.05) is 6.07 Å². The number of nitrogens with two attached hydrogens (primary N) is 1. The van der Waals surface area contributed by atoms with Crippen molar-refractivity contribution < 1.29 is 4.39 Å². The molecule has 0 saturated carbocycles. The van der Waals surface area contributed by atoms with E-state index < -0.39 is 23.2 Å². The van der Waals surface area contributed by atoms with E-state index in [2.05, 4.69) is 4.98 Å². The predicted octanol–water partition coefficient (Wildman–Crippen LogP) is 0.306. The van der Waals surface area contributed by atoms with Crippen LogP contribution in [0.3, 0.4) is 0 Å². The van der Waals surface area contributed by atoms with Crippen LogP contribution in [0.4, 0.5) is 4.39 Å². The molecule has 2 aromatic rings. The standard InChI is InChI=1S/C10H10FN3O2/c1-5(12)14-9(15)8-6(11)3-2-4-7(8)13-10(14)16/h2-5H,12H2,1H3,(H,13,16). The maximum absolute atomic E-state index is 13.4. The molecule has 5 nitrogen and oxygen atoms in total. The van der Waals surface area contributed by atoms with Crippen LogP contribution >= 0.6 is 0 Å². The van der Waals surface area contributed by atoms with Gasteiger partial charge in [0, 0.05) is 0 Å². The Morgan fingerprint density at radius 2 is 2.12 bits per heavy atom. The van der Waals surface area contributed by atoms with Gasteiger partial charge in [-0.05, 0) is 19.1 Å². The second kappa shape index (κ2) is 3.57. The fraction of sp³-hybridized carbons (Fsp3) is 0.200. The van der Waals surface area contributed by atoms with Gasteiger partial charge in [0.25, 0.3) is 5.56 Å². The Labute approximate surface area is 89.3 Å². The molecule has 0 aliphatic heterocycles. The second-order valence-corrected chi connectivity index (χ2v) is 3.51. The molecule has 0 radical (unpaired) electrons. The number of rotatable bonds is 1. The third-order valence-electron chi connectivity index (χ3n) is 2.31. The Morgan fingerprint density at radius 1 is 1.44 bits per heavy atom. The molecule has 84 valence electrons. The highest BCUT2D eigenvalue weighted by atomic mass is 19.1. The number of nitrogens with one attached hydrogen (secondary N) is 1. The number of hydrogen-bond acceptors (Lipinski definition) is 3. The first-order chi connectivity index (χ1) is 7.52. The van der Waals surface area contributed by atoms with Gasteiger partial charge < -0.3 is 10.7 Å². The predicted molar refractivity (Wildman–Crippen MR) is 57.7 cm³/mol. The highest BCUT2D eigenvalue weighted by Gasteiger charge is 2.12. The van der Waals surface area contributed by atoms with Gasteiger partial charge in [-0.15, -0.1) is 0 Å². The summed E-state index contributed by atoms with van der Waals surface area (Å²) in [5.74, 6) is -0.673. The minimum Gasteiger partial charge on any atom is -0.311 e. The topological polar surface area (TPSA) is 80.9 Å². The largest absolute Gasteiger partial charge is 0.330 e. The molecular formula is C10H10FN3O2. The van der Waals surface area contributed by atoms with Crippen molar-refractivity contribution in [3.05, 3.63) is 44.9 Å². The Hall–Kier alpha value is -1.95. The van der Waals surface area contributed by atoms with Crippen LogP contribution < -0.4 is 17.0 Å². The van der Waals surface area contributed by atoms with Gasteiger partial charge in [0.1, 0.15) is 5.82 Å². The monoisotopic (exact) mass is 223 g/mol. The van der Waals surface area contributed by atoms with Crippen LogP contribution in [0.25, 0.3) is 10.9 Å². The van der Waals surface area contributed by atoms with Crippen molar-refractivity contribution in [1.82, 2.24) is 9.55 Å². The molecule has 6 heteroatoms. The van der Waals surface area contributed by atoms with E-state index in [4.69, 9.17) is 5.73 Å². The van der Waals surface area contributed by atoms with E-state index >= 15 is 0 Å². The van der Waals surface area contributed by atoms with Gasteiger partial charge in [0.2, 0.25) is 0 Å². The van der Waals surface area contributed by atoms with Gasteiger partial charge in [-0.2, -0.15) is 0 Å². The van der Waals surface area contributed by atoms with E-state index in [1.165, 1.54) is 19.1 Å². The highest BCUT2D eigenvalue weighted by Crippen LogP contribution is 2.09. The first-order valence-corrected chi connectivity index (χ1v) is 4.71. The lowest BCUT2D eigenvalue weighted by molar-refractivity contribution is 0.525. The van der Waals surface area contributed by atoms with Crippen molar-refractivity contribution in [3.63, 3.8) is 0 Å². The molecule has 0 aliphatic rings. The van der Waals surface area contributed by atoms with E-state index in [1.54, 1.807) is 0 Å². The van der Waals surface area contributed by atoms with Crippen LogP contribution in [0.15, 0.2) is 27.8 Å². The van der Waals surface area contributed by atoms with Gasteiger partial charge in [0.05, 0.1) is 17.1 Å². The average molecular weight is 223 g/mol. The second-order valence-electron chi connectivity index (χ2n) is 3.51. The number of hydrogen-bond donors (Lipinski definition) is 2. The van der Waals surface area contributed by atoms with Crippen LogP contribution in [0.2, 0.25) is 0 Å². The van der Waals surface area contributed by atoms with E-state index in [0.29, 0.717) is 0 Å². The zero-order valence-corrected chi connectivity index (χ0v) is 8.53. The molecular weight excluding hydrogens is 213 g/mol. The number of halogens is 1. The van der Waals surface area contributed by atoms with E-state index in [9.17, 15) is 14.0 Å². The molecule has 0 fully saturated rings. The lowest BCUT2D eigenvalue weighted by Crippen LogP contribution is -2.40. The van der Waals surface area contributed by atoms with Crippen LogP contribution in [0, 0.1) is 5.82 Å². The van der Waals surface area contributed by atoms with Gasteiger partial charge in [0.15, 0.2) is 0 Å². The number of H-pyrrole nitrogens is 1. The summed E-state index contributed by atoms with van der Waals surface area (Å²) in [7, 11) is 0. The maximum atomic E-state index is 13.4. The zero-order chi connectivity index (χ0) is 11.9. The third kappa shape index (κ3) is 1.43. The third-order valence-corrected chi connectivity index (χ3v) is 2.31. The Morgan fingerprint density at radius 3 is 2.75 bits per heavy atom. The molecule has 1 aromatic heterocycles. The van der Waals surface area contributed by atoms with E-state index in [-0.39, 0.29) is 10.9 Å². The SMILES string of the molecule is CC(N)n1c(=O)[nH]c2cccc(F)c2c1=O. The Kier molecular flexibility index (Phi) is 2.35. The summed E-state index contributed by atoms with van der Waals surface area (Å²) in [4.78, 5) is 25.8. The van der Waals surface area contributed by atoms with Crippen LogP contribution in [0.1, 0.15) is 13.1 Å². The fourth-order valence-corrected chi connectivity index (χ4v) is 1.60. The van der Waals surface area contributed by atoms with Gasteiger partial charge in [-0.3, -0.25) is 4.79 Å². The molecule has 1 atom stereocenters. The maximum Gasteiger partial charge on any atom is 0.330 e. The summed E-state index contributed by atoms with van der Waals surface area (Å²) in [5.41, 5.74) is 4.29. The van der Waals surface area contributed by atoms with Crippen molar-refractivity contribution in [2.75, 3.05) is 0 Å². The van der Waals surface area contributed by atoms with Crippen LogP contribution in [-0.4, -0.2) is 9.55 Å². The van der Waals surface area contributed by atoms with Crippen molar-refractivity contribution in [1.29, 1.82) is 0 Å². The van der Waals surface area contributed by atoms with Crippen molar-refractivity contribution in [2.45, 2.75) is 13.1 Å². The Bertz CT molecular complexity index is 657. The van der Waals surface area contributed by atoms with Crippen molar-refractivity contribution in [3.8, 4) is 0 Å². The molecule has 0 saturated heterocycles. The average Bonchev–Trinajstić information content (AvgIpc) is 2.15. The summed E-state index contributed by atoms with van der Waals surface area (Å²) < 4.78 is 14.2. The number of nitrogens with zero attached hydrogens (tertiary/aromatic N) is 1. The molecule has 0 bridgehead atoms. The highest BCUT2D eigenvalue weighted by molar-refractivity contribution is 5.77. The molecule has 2 rings (SSSR count). The first kappa shape index (κ1) is 10.6. The van der Waals surface area contributed by atoms with E-state index in [1.807, 2.05) is 0 Å². The zero-order valence-electron chi connectivity index (χ0n) is 8.53. The summed E-state index contributed by atoms with van der Waals surface area (Å²) in [6, 6.07) is 4.05. The van der Waals surface area contributed by atoms with E-state index in [0.717, 1.165) is 10.6 Å². The fourth-order valence-electron chi connectivity index (χ4n) is 1.60. The molecule has 0 aliphatic carbocycles. The lowest BCUT2D eigenvalue weighted by atomic mass is 10.2. The Balaban J connectivity index is 3.04. The summed E-state index contributed by atoms with van der Waals surface area (Å²) in [6.45, 7) is 1.48. The number of aromatic amines is 1. The molecule has 0 spiro atoms. The van der Waals surface area contributed by atoms with Crippen LogP contribution in [0.5, 0.6) is 0 Å². The van der Waals surface area contributed by atoms with Crippen molar-refractivity contribution >= 4 is 10.9 Å². The lowest BCUT2D eigenvalue weighted by Gasteiger charge is -2.09. The summed E-state index contributed by atoms with van der Waals surface area (Å²) in [5, 5.41) is -0.153. The summed E-state index contributed by atoms with van der Waals surface area (Å²) in [6.07, 6.45) is -0.805. The molecule has 0 amide bonds. The molecule has 16 heavy (non-hydrogen) atoms. The quantitative estimate of drug-likeness (QED) is 0.729. The first-order valence-electron chi connectivity index (χ1n) is 4.71. The van der Waals surface area contributed by atoms with Gasteiger partial charge in [-0.25, -0.2) is 13.8 Å². The van der Waals surface area contributed by atoms with Crippen molar-refractivity contribution in [2.24, 2.45) is 5.73 Å². The number of fused-ring (bicyclic) bond motifs is 1. The van der Waals surface area contributed by atoms with Gasteiger partial charge >= 0.3 is 5.69 Å². The summed E-state index contributed by atoms with van der Waals surface area (Å²) >= 11 is 0.